The van der Waals surface area contributed by atoms with Crippen LogP contribution in [-0.4, -0.2) is 59.0 Å². The number of hydrogen-bond donors (Lipinski definition) is 2. The molecule has 8 heteroatoms. The zero-order valence-corrected chi connectivity index (χ0v) is 20.9. The maximum absolute atomic E-state index is 6.37. The molecule has 1 aromatic heterocycles. The van der Waals surface area contributed by atoms with Crippen LogP contribution in [0.2, 0.25) is 0 Å². The summed E-state index contributed by atoms with van der Waals surface area (Å²) in [6.07, 6.45) is 5.66. The Morgan fingerprint density at radius 2 is 1.82 bits per heavy atom. The van der Waals surface area contributed by atoms with Gasteiger partial charge in [0.1, 0.15) is 24.5 Å². The van der Waals surface area contributed by atoms with Crippen molar-refractivity contribution in [3.8, 4) is 17.0 Å². The van der Waals surface area contributed by atoms with Crippen molar-refractivity contribution in [2.75, 3.05) is 32.0 Å². The first-order valence-electron chi connectivity index (χ1n) is 12.5. The van der Waals surface area contributed by atoms with Gasteiger partial charge in [0.2, 0.25) is 0 Å². The predicted octanol–water partition coefficient (Wildman–Crippen LogP) is 3.73. The maximum atomic E-state index is 6.37. The van der Waals surface area contributed by atoms with Crippen molar-refractivity contribution >= 4 is 11.5 Å². The number of aromatic nitrogens is 2. The number of ether oxygens (including phenoxy) is 1. The molecular weight excluding hydrogens is 428 g/mol. The van der Waals surface area contributed by atoms with Gasteiger partial charge in [0.05, 0.1) is 17.5 Å². The minimum atomic E-state index is -0.529. The predicted molar refractivity (Wildman–Crippen MR) is 136 cm³/mol. The molecule has 184 valence electrons. The van der Waals surface area contributed by atoms with E-state index >= 15 is 0 Å². The number of benzene rings is 1. The van der Waals surface area contributed by atoms with Gasteiger partial charge in [-0.1, -0.05) is 19.0 Å². The molecule has 0 unspecified atom stereocenters. The second kappa shape index (κ2) is 10.3. The average Bonchev–Trinajstić information content (AvgIpc) is 2.82. The normalized spacial score (nSPS) is 22.4. The highest BCUT2D eigenvalue weighted by atomic mass is 16.6. The number of rotatable bonds is 8. The van der Waals surface area contributed by atoms with Crippen molar-refractivity contribution in [2.45, 2.75) is 70.9 Å². The Morgan fingerprint density at radius 3 is 2.53 bits per heavy atom. The van der Waals surface area contributed by atoms with Crippen LogP contribution in [0.25, 0.3) is 11.3 Å². The summed E-state index contributed by atoms with van der Waals surface area (Å²) in [5.41, 5.74) is 16.3. The number of oxime groups is 1. The molecule has 0 bridgehead atoms. The van der Waals surface area contributed by atoms with Gasteiger partial charge in [0.15, 0.2) is 0 Å². The van der Waals surface area contributed by atoms with Gasteiger partial charge in [-0.3, -0.25) is 0 Å². The second-order valence-corrected chi connectivity index (χ2v) is 9.77. The largest absolute Gasteiger partial charge is 0.490 e. The number of nitrogens with two attached hydrogens (primary N) is 2. The Bertz CT molecular complexity index is 1030. The van der Waals surface area contributed by atoms with E-state index in [0.29, 0.717) is 12.4 Å². The third-order valence-electron chi connectivity index (χ3n) is 7.17. The fourth-order valence-corrected chi connectivity index (χ4v) is 5.06. The summed E-state index contributed by atoms with van der Waals surface area (Å²) in [6.45, 7) is 11.8. The van der Waals surface area contributed by atoms with Crippen LogP contribution in [0.5, 0.6) is 5.75 Å². The summed E-state index contributed by atoms with van der Waals surface area (Å²) in [5, 5.41) is 4.66. The van der Waals surface area contributed by atoms with Gasteiger partial charge in [0.25, 0.3) is 0 Å². The van der Waals surface area contributed by atoms with Crippen LogP contribution in [0.15, 0.2) is 29.7 Å². The van der Waals surface area contributed by atoms with E-state index in [-0.39, 0.29) is 12.1 Å². The van der Waals surface area contributed by atoms with Gasteiger partial charge < -0.3 is 25.9 Å². The van der Waals surface area contributed by atoms with Crippen LogP contribution in [0, 0.1) is 0 Å². The van der Waals surface area contributed by atoms with Crippen molar-refractivity contribution in [1.82, 2.24) is 14.9 Å². The highest BCUT2D eigenvalue weighted by Gasteiger charge is 2.41. The van der Waals surface area contributed by atoms with Gasteiger partial charge in [-0.05, 0) is 70.8 Å². The lowest BCUT2D eigenvalue weighted by molar-refractivity contribution is 0.113. The molecule has 2 aromatic rings. The van der Waals surface area contributed by atoms with Crippen LogP contribution in [0.4, 0.5) is 5.82 Å². The Kier molecular flexibility index (Phi) is 7.38. The summed E-state index contributed by atoms with van der Waals surface area (Å²) >= 11 is 0. The SMILES string of the molecule is CCN(CC)CCO/N=C1\c2cc(OC3CCC(N)CC3)ccc2-c2ncnc(N)c2C1(C)C. The number of anilines is 1. The minimum Gasteiger partial charge on any atom is -0.490 e. The van der Waals surface area contributed by atoms with Gasteiger partial charge in [-0.15, -0.1) is 0 Å². The van der Waals surface area contributed by atoms with Crippen molar-refractivity contribution in [3.05, 3.63) is 35.7 Å². The number of likely N-dealkylation sites (N-methyl/N-ethyl adjacent to an activating group) is 1. The number of fused-ring (bicyclic) bond motifs is 3. The molecule has 0 amide bonds. The molecule has 1 heterocycles. The van der Waals surface area contributed by atoms with E-state index in [1.807, 2.05) is 12.1 Å². The molecule has 4 N–H and O–H groups in total. The van der Waals surface area contributed by atoms with Crippen molar-refractivity contribution < 1.29 is 9.57 Å². The highest BCUT2D eigenvalue weighted by Crippen LogP contribution is 2.45. The van der Waals surface area contributed by atoms with Gasteiger partial charge >= 0.3 is 0 Å². The summed E-state index contributed by atoms with van der Waals surface area (Å²) in [6, 6.07) is 6.41. The lowest BCUT2D eigenvalue weighted by atomic mass is 9.70. The first kappa shape index (κ1) is 24.4. The smallest absolute Gasteiger partial charge is 0.131 e. The van der Waals surface area contributed by atoms with Crippen LogP contribution in [0.3, 0.4) is 0 Å². The summed E-state index contributed by atoms with van der Waals surface area (Å²) in [7, 11) is 0. The summed E-state index contributed by atoms with van der Waals surface area (Å²) in [4.78, 5) is 17.0. The molecule has 2 aliphatic rings. The molecule has 1 aromatic carbocycles. The Labute approximate surface area is 202 Å². The molecule has 4 rings (SSSR count). The third-order valence-corrected chi connectivity index (χ3v) is 7.17. The van der Waals surface area contributed by atoms with Crippen LogP contribution in [0.1, 0.15) is 64.5 Å². The molecule has 1 fully saturated rings. The monoisotopic (exact) mass is 466 g/mol. The van der Waals surface area contributed by atoms with E-state index in [9.17, 15) is 0 Å². The molecule has 2 aliphatic carbocycles. The van der Waals surface area contributed by atoms with Crippen molar-refractivity contribution in [1.29, 1.82) is 0 Å². The molecule has 0 aliphatic heterocycles. The van der Waals surface area contributed by atoms with Crippen molar-refractivity contribution in [3.63, 3.8) is 0 Å². The Hall–Kier alpha value is -2.71. The van der Waals surface area contributed by atoms with E-state index in [0.717, 1.165) is 79.2 Å². The summed E-state index contributed by atoms with van der Waals surface area (Å²) in [5.74, 6) is 1.30. The lowest BCUT2D eigenvalue weighted by Gasteiger charge is -2.35. The number of hydrogen-bond acceptors (Lipinski definition) is 8. The minimum absolute atomic E-state index is 0.186. The fourth-order valence-electron chi connectivity index (χ4n) is 5.06. The Morgan fingerprint density at radius 1 is 1.09 bits per heavy atom. The Balaban J connectivity index is 1.68. The third kappa shape index (κ3) is 4.88. The first-order chi connectivity index (χ1) is 16.3. The zero-order valence-electron chi connectivity index (χ0n) is 20.9. The van der Waals surface area contributed by atoms with Crippen LogP contribution < -0.4 is 16.2 Å². The molecular formula is C26H38N6O2. The molecule has 0 atom stereocenters. The molecule has 0 radical (unpaired) electrons. The van der Waals surface area contributed by atoms with Crippen LogP contribution >= 0.6 is 0 Å². The topological polar surface area (TPSA) is 112 Å². The average molecular weight is 467 g/mol. The summed E-state index contributed by atoms with van der Waals surface area (Å²) < 4.78 is 6.37. The standard InChI is InChI=1S/C26H38N6O2/c1-5-32(6-2)13-14-33-31-24-21-15-19(34-18-9-7-17(27)8-10-18)11-12-20(21)23-22(26(24,3)4)25(28)30-16-29-23/h11-12,15-18H,5-10,13-14,27H2,1-4H3,(H2,28,29,30)/b31-24+. The van der Waals surface area contributed by atoms with Crippen LogP contribution in [-0.2, 0) is 10.3 Å². The van der Waals surface area contributed by atoms with Gasteiger partial charge in [0, 0.05) is 34.7 Å². The number of nitrogen functional groups attached to an aromatic ring is 1. The fraction of sp³-hybridized carbons (Fsp3) is 0.577. The molecule has 0 saturated heterocycles. The zero-order chi connectivity index (χ0) is 24.3. The van der Waals surface area contributed by atoms with E-state index in [4.69, 9.17) is 21.0 Å². The van der Waals surface area contributed by atoms with Crippen molar-refractivity contribution in [2.24, 2.45) is 10.9 Å². The lowest BCUT2D eigenvalue weighted by Crippen LogP contribution is -2.36. The molecule has 0 spiro atoms. The van der Waals surface area contributed by atoms with E-state index < -0.39 is 5.41 Å². The van der Waals surface area contributed by atoms with Gasteiger partial charge in [-0.2, -0.15) is 0 Å². The van der Waals surface area contributed by atoms with E-state index in [1.165, 1.54) is 6.33 Å². The maximum Gasteiger partial charge on any atom is 0.131 e. The molecule has 8 nitrogen and oxygen atoms in total. The van der Waals surface area contributed by atoms with Gasteiger partial charge in [-0.25, -0.2) is 9.97 Å². The quantitative estimate of drug-likeness (QED) is 0.450. The second-order valence-electron chi connectivity index (χ2n) is 9.77. The van der Waals surface area contributed by atoms with E-state index in [1.54, 1.807) is 0 Å². The highest BCUT2D eigenvalue weighted by molar-refractivity contribution is 6.15. The number of nitrogens with zero attached hydrogens (tertiary/aromatic N) is 4. The molecule has 1 saturated carbocycles. The first-order valence-corrected chi connectivity index (χ1v) is 12.5. The van der Waals surface area contributed by atoms with E-state index in [2.05, 4.69) is 53.8 Å². The molecule has 34 heavy (non-hydrogen) atoms.